The zero-order valence-electron chi connectivity index (χ0n) is 8.24. The fraction of sp³-hybridized carbons (Fsp3) is 0.455. The molecule has 0 spiro atoms. The second-order valence-electron chi connectivity index (χ2n) is 3.08. The number of ether oxygens (including phenoxy) is 1. The summed E-state index contributed by atoms with van der Waals surface area (Å²) in [5.41, 5.74) is 1.15. The van der Waals surface area contributed by atoms with E-state index in [9.17, 15) is 5.11 Å². The van der Waals surface area contributed by atoms with Gasteiger partial charge in [-0.2, -0.15) is 0 Å². The largest absolute Gasteiger partial charge is 0.491 e. The van der Waals surface area contributed by atoms with Gasteiger partial charge in [0.05, 0.1) is 5.88 Å². The molecule has 0 saturated heterocycles. The number of halogens is 1. The predicted octanol–water partition coefficient (Wildman–Crippen LogP) is 2.23. The minimum atomic E-state index is -0.596. The lowest BCUT2D eigenvalue weighted by atomic mass is 10.1. The molecule has 0 heterocycles. The van der Waals surface area contributed by atoms with Crippen molar-refractivity contribution < 1.29 is 9.84 Å². The molecule has 0 saturated carbocycles. The SMILES string of the molecule is CCc1ccccc1OCC(O)CCl. The molecule has 0 amide bonds. The summed E-state index contributed by atoms with van der Waals surface area (Å²) < 4.78 is 5.45. The molecule has 3 heteroatoms. The number of hydrogen-bond donors (Lipinski definition) is 1. The molecule has 1 atom stereocenters. The third-order valence-corrected chi connectivity index (χ3v) is 2.32. The van der Waals surface area contributed by atoms with Crippen molar-refractivity contribution in [2.24, 2.45) is 0 Å². The van der Waals surface area contributed by atoms with Crippen molar-refractivity contribution in [1.29, 1.82) is 0 Å². The lowest BCUT2D eigenvalue weighted by molar-refractivity contribution is 0.125. The van der Waals surface area contributed by atoms with Crippen molar-refractivity contribution in [2.45, 2.75) is 19.4 Å². The van der Waals surface area contributed by atoms with E-state index in [-0.39, 0.29) is 12.5 Å². The lowest BCUT2D eigenvalue weighted by Crippen LogP contribution is -2.19. The van der Waals surface area contributed by atoms with Gasteiger partial charge in [0.25, 0.3) is 0 Å². The van der Waals surface area contributed by atoms with Gasteiger partial charge in [0.15, 0.2) is 0 Å². The molecule has 0 aliphatic rings. The molecular weight excluding hydrogens is 200 g/mol. The summed E-state index contributed by atoms with van der Waals surface area (Å²) in [6.07, 6.45) is 0.328. The quantitative estimate of drug-likeness (QED) is 0.762. The van der Waals surface area contributed by atoms with E-state index in [1.165, 1.54) is 0 Å². The minimum Gasteiger partial charge on any atom is -0.491 e. The Morgan fingerprint density at radius 2 is 2.14 bits per heavy atom. The van der Waals surface area contributed by atoms with Crippen LogP contribution >= 0.6 is 11.6 Å². The number of rotatable bonds is 5. The minimum absolute atomic E-state index is 0.203. The summed E-state index contributed by atoms with van der Waals surface area (Å²) in [7, 11) is 0. The van der Waals surface area contributed by atoms with Crippen LogP contribution in [0.15, 0.2) is 24.3 Å². The van der Waals surface area contributed by atoms with Gasteiger partial charge in [-0.15, -0.1) is 11.6 Å². The van der Waals surface area contributed by atoms with Crippen LogP contribution in [0.3, 0.4) is 0 Å². The summed E-state index contributed by atoms with van der Waals surface area (Å²) in [5.74, 6) is 1.04. The van der Waals surface area contributed by atoms with Crippen molar-refractivity contribution >= 4 is 11.6 Å². The van der Waals surface area contributed by atoms with Gasteiger partial charge in [0.2, 0.25) is 0 Å². The van der Waals surface area contributed by atoms with Gasteiger partial charge in [0, 0.05) is 0 Å². The van der Waals surface area contributed by atoms with Gasteiger partial charge in [0.1, 0.15) is 18.5 Å². The Balaban J connectivity index is 2.57. The molecule has 0 radical (unpaired) electrons. The second kappa shape index (κ2) is 5.89. The maximum absolute atomic E-state index is 9.23. The third kappa shape index (κ3) is 3.20. The van der Waals surface area contributed by atoms with Crippen molar-refractivity contribution in [3.63, 3.8) is 0 Å². The number of aliphatic hydroxyl groups is 1. The molecule has 14 heavy (non-hydrogen) atoms. The van der Waals surface area contributed by atoms with Gasteiger partial charge in [-0.05, 0) is 18.1 Å². The van der Waals surface area contributed by atoms with Gasteiger partial charge in [-0.1, -0.05) is 25.1 Å². The molecule has 1 aromatic carbocycles. The summed E-state index contributed by atoms with van der Waals surface area (Å²) in [5, 5.41) is 9.23. The molecule has 0 fully saturated rings. The van der Waals surface area contributed by atoms with Crippen molar-refractivity contribution in [1.82, 2.24) is 0 Å². The van der Waals surface area contributed by atoms with Crippen LogP contribution in [0.5, 0.6) is 5.75 Å². The fourth-order valence-corrected chi connectivity index (χ4v) is 1.26. The molecule has 0 bridgehead atoms. The number of benzene rings is 1. The number of alkyl halides is 1. The predicted molar refractivity (Wildman–Crippen MR) is 58.0 cm³/mol. The highest BCUT2D eigenvalue weighted by molar-refractivity contribution is 6.18. The molecule has 78 valence electrons. The van der Waals surface area contributed by atoms with Crippen LogP contribution in [0.25, 0.3) is 0 Å². The number of hydrogen-bond acceptors (Lipinski definition) is 2. The Kier molecular flexibility index (Phi) is 4.77. The van der Waals surface area contributed by atoms with Gasteiger partial charge >= 0.3 is 0 Å². The Bertz CT molecular complexity index is 276. The molecule has 1 unspecified atom stereocenters. The standard InChI is InChI=1S/C11H15ClO2/c1-2-9-5-3-4-6-11(9)14-8-10(13)7-12/h3-6,10,13H,2,7-8H2,1H3. The van der Waals surface area contributed by atoms with Crippen molar-refractivity contribution in [2.75, 3.05) is 12.5 Å². The molecule has 0 aliphatic heterocycles. The summed E-state index contributed by atoms with van der Waals surface area (Å²) in [6.45, 7) is 2.32. The Morgan fingerprint density at radius 3 is 2.79 bits per heavy atom. The van der Waals surface area contributed by atoms with Crippen molar-refractivity contribution in [3.05, 3.63) is 29.8 Å². The smallest absolute Gasteiger partial charge is 0.122 e. The average Bonchev–Trinajstić information content (AvgIpc) is 2.26. The zero-order valence-corrected chi connectivity index (χ0v) is 9.00. The monoisotopic (exact) mass is 214 g/mol. The first kappa shape index (κ1) is 11.3. The normalized spacial score (nSPS) is 12.5. The van der Waals surface area contributed by atoms with Gasteiger partial charge < -0.3 is 9.84 Å². The fourth-order valence-electron chi connectivity index (χ4n) is 1.17. The Morgan fingerprint density at radius 1 is 1.43 bits per heavy atom. The maximum atomic E-state index is 9.23. The van der Waals surface area contributed by atoms with E-state index in [2.05, 4.69) is 6.92 Å². The Hall–Kier alpha value is -0.730. The van der Waals surface area contributed by atoms with E-state index in [0.717, 1.165) is 17.7 Å². The summed E-state index contributed by atoms with van der Waals surface area (Å²) in [6, 6.07) is 7.81. The first-order valence-electron chi connectivity index (χ1n) is 4.72. The molecule has 1 N–H and O–H groups in total. The highest BCUT2D eigenvalue weighted by Crippen LogP contribution is 2.18. The number of aryl methyl sites for hydroxylation is 1. The van der Waals surface area contributed by atoms with Crippen LogP contribution in [0, 0.1) is 0 Å². The van der Waals surface area contributed by atoms with E-state index < -0.39 is 6.10 Å². The second-order valence-corrected chi connectivity index (χ2v) is 3.39. The first-order valence-corrected chi connectivity index (χ1v) is 5.26. The first-order chi connectivity index (χ1) is 6.77. The van der Waals surface area contributed by atoms with Crippen LogP contribution in [0.4, 0.5) is 0 Å². The van der Waals surface area contributed by atoms with E-state index in [1.54, 1.807) is 0 Å². The molecule has 0 aromatic heterocycles. The van der Waals surface area contributed by atoms with E-state index in [4.69, 9.17) is 16.3 Å². The van der Waals surface area contributed by atoms with E-state index >= 15 is 0 Å². The number of aliphatic hydroxyl groups excluding tert-OH is 1. The zero-order chi connectivity index (χ0) is 10.4. The van der Waals surface area contributed by atoms with Crippen LogP contribution in [-0.2, 0) is 6.42 Å². The third-order valence-electron chi connectivity index (χ3n) is 1.96. The highest BCUT2D eigenvalue weighted by Gasteiger charge is 2.05. The summed E-state index contributed by atoms with van der Waals surface area (Å²) in [4.78, 5) is 0. The number of para-hydroxylation sites is 1. The van der Waals surface area contributed by atoms with Gasteiger partial charge in [-0.3, -0.25) is 0 Å². The molecular formula is C11H15ClO2. The molecule has 2 nitrogen and oxygen atoms in total. The summed E-state index contributed by atoms with van der Waals surface area (Å²) >= 11 is 5.46. The Labute approximate surface area is 89.5 Å². The van der Waals surface area contributed by atoms with Gasteiger partial charge in [-0.25, -0.2) is 0 Å². The highest BCUT2D eigenvalue weighted by atomic mass is 35.5. The van der Waals surface area contributed by atoms with Crippen LogP contribution < -0.4 is 4.74 Å². The van der Waals surface area contributed by atoms with Crippen LogP contribution in [0.1, 0.15) is 12.5 Å². The molecule has 1 aromatic rings. The van der Waals surface area contributed by atoms with Crippen LogP contribution in [0.2, 0.25) is 0 Å². The average molecular weight is 215 g/mol. The maximum Gasteiger partial charge on any atom is 0.122 e. The van der Waals surface area contributed by atoms with E-state index in [0.29, 0.717) is 0 Å². The van der Waals surface area contributed by atoms with Crippen molar-refractivity contribution in [3.8, 4) is 5.75 Å². The molecule has 0 aliphatic carbocycles. The van der Waals surface area contributed by atoms with E-state index in [1.807, 2.05) is 24.3 Å². The van der Waals surface area contributed by atoms with Crippen LogP contribution in [-0.4, -0.2) is 23.7 Å². The topological polar surface area (TPSA) is 29.5 Å². The molecule has 1 rings (SSSR count). The lowest BCUT2D eigenvalue weighted by Gasteiger charge is -2.12.